The number of benzene rings is 2. The first-order valence-electron chi connectivity index (χ1n) is 6.40. The van der Waals surface area contributed by atoms with Crippen molar-refractivity contribution < 1.29 is 0 Å². The van der Waals surface area contributed by atoms with Crippen molar-refractivity contribution >= 4 is 39.4 Å². The second-order valence-electron chi connectivity index (χ2n) is 4.84. The summed E-state index contributed by atoms with van der Waals surface area (Å²) >= 11 is 4.04. The molecule has 0 aliphatic carbocycles. The molecule has 0 bridgehead atoms. The van der Waals surface area contributed by atoms with Crippen LogP contribution in [0, 0.1) is 0 Å². The molecule has 4 rings (SSSR count). The van der Waals surface area contributed by atoms with Gasteiger partial charge in [-0.1, -0.05) is 0 Å². The SMILES string of the molecule is CCP12(Nc3ccccc3S1)Nc1ccccc1S2. The van der Waals surface area contributed by atoms with Gasteiger partial charge in [-0.3, -0.25) is 0 Å². The fourth-order valence-corrected chi connectivity index (χ4v) is 14.4. The zero-order valence-electron chi connectivity index (χ0n) is 10.6. The molecule has 2 aliphatic rings. The second-order valence-corrected chi connectivity index (χ2v) is 16.0. The molecule has 0 amide bonds. The predicted octanol–water partition coefficient (Wildman–Crippen LogP) is 5.66. The van der Waals surface area contributed by atoms with Gasteiger partial charge in [-0.15, -0.1) is 0 Å². The molecule has 2 aromatic rings. The normalized spacial score (nSPS) is 22.7. The maximum absolute atomic E-state index is 3.87. The van der Waals surface area contributed by atoms with Crippen LogP contribution in [-0.4, -0.2) is 6.16 Å². The molecule has 2 aromatic carbocycles. The summed E-state index contributed by atoms with van der Waals surface area (Å²) in [5, 5.41) is 5.48. The Morgan fingerprint density at radius 1 is 0.842 bits per heavy atom. The van der Waals surface area contributed by atoms with Gasteiger partial charge in [0.25, 0.3) is 0 Å². The molecule has 2 nitrogen and oxygen atoms in total. The zero-order chi connectivity index (χ0) is 12.9. The molecule has 2 heterocycles. The summed E-state index contributed by atoms with van der Waals surface area (Å²) in [4.78, 5) is 2.74. The van der Waals surface area contributed by atoms with E-state index in [-0.39, 0.29) is 0 Å². The summed E-state index contributed by atoms with van der Waals surface area (Å²) in [6, 6.07) is 17.3. The Bertz CT molecular complexity index is 561. The van der Waals surface area contributed by atoms with Crippen molar-refractivity contribution in [2.45, 2.75) is 16.7 Å². The Labute approximate surface area is 121 Å². The third-order valence-corrected chi connectivity index (χ3v) is 15.5. The molecule has 19 heavy (non-hydrogen) atoms. The Kier molecular flexibility index (Phi) is 2.42. The number of para-hydroxylation sites is 2. The molecule has 0 aromatic heterocycles. The molecule has 0 saturated carbocycles. The molecule has 0 atom stereocenters. The summed E-state index contributed by atoms with van der Waals surface area (Å²) in [7, 11) is 0. The van der Waals surface area contributed by atoms with Crippen LogP contribution < -0.4 is 10.2 Å². The molecule has 1 spiro atoms. The standard InChI is InChI=1S/C14H15N2PS2/c1-2-17(15-11-7-3-5-9-13(11)18-17)16-12-8-4-6-10-14(12)19-17/h3-10,15-16H,2H2,1H3. The summed E-state index contributed by atoms with van der Waals surface area (Å²) in [5.41, 5.74) is 2.56. The van der Waals surface area contributed by atoms with Crippen molar-refractivity contribution in [2.75, 3.05) is 16.3 Å². The molecule has 5 heteroatoms. The quantitative estimate of drug-likeness (QED) is 0.664. The average molecular weight is 306 g/mol. The molecule has 0 saturated heterocycles. The van der Waals surface area contributed by atoms with Gasteiger partial charge < -0.3 is 0 Å². The Balaban J connectivity index is 1.83. The van der Waals surface area contributed by atoms with Crippen LogP contribution in [0.15, 0.2) is 58.3 Å². The van der Waals surface area contributed by atoms with Crippen LogP contribution in [0.1, 0.15) is 6.92 Å². The van der Waals surface area contributed by atoms with E-state index in [0.717, 1.165) is 6.16 Å². The van der Waals surface area contributed by atoms with E-state index < -0.39 is 5.31 Å². The summed E-state index contributed by atoms with van der Waals surface area (Å²) in [6.45, 7) is 2.29. The van der Waals surface area contributed by atoms with Crippen LogP contribution in [0.5, 0.6) is 0 Å². The predicted molar refractivity (Wildman–Crippen MR) is 89.3 cm³/mol. The molecule has 0 radical (unpaired) electrons. The molecule has 0 fully saturated rings. The van der Waals surface area contributed by atoms with Crippen molar-refractivity contribution in [1.29, 1.82) is 0 Å². The van der Waals surface area contributed by atoms with Gasteiger partial charge in [0.1, 0.15) is 0 Å². The number of hydrogen-bond donors (Lipinski definition) is 2. The number of hydrogen-bond acceptors (Lipinski definition) is 4. The van der Waals surface area contributed by atoms with Crippen molar-refractivity contribution in [3.05, 3.63) is 48.5 Å². The first-order valence-corrected chi connectivity index (χ1v) is 11.7. The van der Waals surface area contributed by atoms with Gasteiger partial charge in [0.2, 0.25) is 0 Å². The third-order valence-electron chi connectivity index (χ3n) is 3.62. The van der Waals surface area contributed by atoms with Crippen LogP contribution >= 0.6 is 28.1 Å². The fraction of sp³-hybridized carbons (Fsp3) is 0.143. The number of anilines is 2. The third kappa shape index (κ3) is 1.63. The van der Waals surface area contributed by atoms with Crippen molar-refractivity contribution in [1.82, 2.24) is 0 Å². The van der Waals surface area contributed by atoms with Crippen LogP contribution in [0.25, 0.3) is 0 Å². The van der Waals surface area contributed by atoms with E-state index in [2.05, 4.69) is 65.6 Å². The van der Waals surface area contributed by atoms with E-state index in [1.807, 2.05) is 22.8 Å². The van der Waals surface area contributed by atoms with Crippen LogP contribution in [-0.2, 0) is 0 Å². The van der Waals surface area contributed by atoms with Crippen LogP contribution in [0.2, 0.25) is 0 Å². The maximum atomic E-state index is 3.87. The summed E-state index contributed by atoms with van der Waals surface area (Å²) in [6.07, 6.45) is 1.12. The Morgan fingerprint density at radius 3 is 1.74 bits per heavy atom. The number of nitrogens with one attached hydrogen (secondary N) is 2. The Morgan fingerprint density at radius 2 is 1.32 bits per heavy atom. The molecular formula is C14H15N2PS2. The molecule has 2 aliphatic heterocycles. The van der Waals surface area contributed by atoms with Crippen molar-refractivity contribution in [3.63, 3.8) is 0 Å². The van der Waals surface area contributed by atoms with Gasteiger partial charge in [0, 0.05) is 0 Å². The van der Waals surface area contributed by atoms with Crippen molar-refractivity contribution in [3.8, 4) is 0 Å². The number of fused-ring (bicyclic) bond motifs is 2. The van der Waals surface area contributed by atoms with E-state index in [4.69, 9.17) is 0 Å². The minimum atomic E-state index is -2.25. The summed E-state index contributed by atoms with van der Waals surface area (Å²) < 4.78 is 0. The van der Waals surface area contributed by atoms with Crippen LogP contribution in [0.3, 0.4) is 0 Å². The molecule has 98 valence electrons. The molecular weight excluding hydrogens is 291 g/mol. The first-order chi connectivity index (χ1) is 9.22. The fourth-order valence-electron chi connectivity index (χ4n) is 2.61. The first kappa shape index (κ1) is 12.0. The van der Waals surface area contributed by atoms with Gasteiger partial charge in [0.15, 0.2) is 0 Å². The van der Waals surface area contributed by atoms with Gasteiger partial charge in [-0.05, 0) is 0 Å². The van der Waals surface area contributed by atoms with E-state index in [1.54, 1.807) is 0 Å². The summed E-state index contributed by atoms with van der Waals surface area (Å²) in [5.74, 6) is 0. The van der Waals surface area contributed by atoms with E-state index in [0.29, 0.717) is 0 Å². The average Bonchev–Trinajstić information content (AvgIpc) is 2.94. The van der Waals surface area contributed by atoms with Crippen molar-refractivity contribution in [2.24, 2.45) is 0 Å². The molecule has 2 N–H and O–H groups in total. The van der Waals surface area contributed by atoms with Gasteiger partial charge in [-0.2, -0.15) is 0 Å². The minimum absolute atomic E-state index is 1.12. The molecule has 0 unspecified atom stereocenters. The van der Waals surface area contributed by atoms with Gasteiger partial charge in [-0.25, -0.2) is 0 Å². The second kappa shape index (κ2) is 3.85. The monoisotopic (exact) mass is 306 g/mol. The van der Waals surface area contributed by atoms with E-state index in [1.165, 1.54) is 21.2 Å². The zero-order valence-corrected chi connectivity index (χ0v) is 13.1. The van der Waals surface area contributed by atoms with Gasteiger partial charge >= 0.3 is 121 Å². The Hall–Kier alpha value is -0.830. The van der Waals surface area contributed by atoms with E-state index >= 15 is 0 Å². The van der Waals surface area contributed by atoms with E-state index in [9.17, 15) is 0 Å². The number of rotatable bonds is 1. The topological polar surface area (TPSA) is 24.1 Å². The van der Waals surface area contributed by atoms with Crippen LogP contribution in [0.4, 0.5) is 11.4 Å². The van der Waals surface area contributed by atoms with Gasteiger partial charge in [0.05, 0.1) is 0 Å².